The van der Waals surface area contributed by atoms with Crippen LogP contribution in [0.4, 0.5) is 0 Å². The van der Waals surface area contributed by atoms with E-state index in [1.807, 2.05) is 46.2 Å². The van der Waals surface area contributed by atoms with Gasteiger partial charge in [0.1, 0.15) is 6.10 Å². The molecular formula is C15H25BrN2O2. The normalized spacial score (nSPS) is 13.6. The van der Waals surface area contributed by atoms with Gasteiger partial charge in [0.2, 0.25) is 0 Å². The smallest absolute Gasteiger partial charge is 0.168 e. The maximum atomic E-state index is 12.6. The molecule has 0 saturated heterocycles. The molecule has 0 N–H and O–H groups in total. The Bertz CT molecular complexity index is 475. The third-order valence-electron chi connectivity index (χ3n) is 3.21. The van der Waals surface area contributed by atoms with Crippen LogP contribution in [0.25, 0.3) is 0 Å². The number of hydrogen-bond donors (Lipinski definition) is 0. The van der Waals surface area contributed by atoms with Crippen LogP contribution >= 0.6 is 15.9 Å². The molecule has 0 radical (unpaired) electrons. The highest BCUT2D eigenvalue weighted by molar-refractivity contribution is 9.10. The maximum absolute atomic E-state index is 12.6. The molecule has 1 aromatic rings. The topological polar surface area (TPSA) is 44.1 Å². The van der Waals surface area contributed by atoms with E-state index < -0.39 is 0 Å². The summed E-state index contributed by atoms with van der Waals surface area (Å²) in [6, 6.07) is 0. The fourth-order valence-corrected chi connectivity index (χ4v) is 2.71. The SMILES string of the molecule is CCOC(C(=O)Cc1c(Br)c(C)nn1CC)C(C)(C)C. The summed E-state index contributed by atoms with van der Waals surface area (Å²) in [4.78, 5) is 12.6. The number of halogens is 1. The fraction of sp³-hybridized carbons (Fsp3) is 0.733. The first-order chi connectivity index (χ1) is 9.22. The predicted molar refractivity (Wildman–Crippen MR) is 83.9 cm³/mol. The molecule has 0 aliphatic carbocycles. The van der Waals surface area contributed by atoms with Crippen LogP contribution < -0.4 is 0 Å². The largest absolute Gasteiger partial charge is 0.370 e. The molecule has 0 spiro atoms. The minimum atomic E-state index is -0.389. The van der Waals surface area contributed by atoms with Gasteiger partial charge < -0.3 is 4.74 Å². The van der Waals surface area contributed by atoms with Crippen molar-refractivity contribution in [2.24, 2.45) is 5.41 Å². The second kappa shape index (κ2) is 6.85. The summed E-state index contributed by atoms with van der Waals surface area (Å²) in [7, 11) is 0. The molecule has 0 bridgehead atoms. The Labute approximate surface area is 130 Å². The van der Waals surface area contributed by atoms with E-state index >= 15 is 0 Å². The number of hydrogen-bond acceptors (Lipinski definition) is 3. The Balaban J connectivity index is 2.99. The zero-order valence-electron chi connectivity index (χ0n) is 13.3. The maximum Gasteiger partial charge on any atom is 0.168 e. The van der Waals surface area contributed by atoms with E-state index in [-0.39, 0.29) is 17.3 Å². The highest BCUT2D eigenvalue weighted by Crippen LogP contribution is 2.27. The number of nitrogens with zero attached hydrogens (tertiary/aromatic N) is 2. The fourth-order valence-electron chi connectivity index (χ4n) is 2.29. The van der Waals surface area contributed by atoms with Crippen LogP contribution in [0.3, 0.4) is 0 Å². The third kappa shape index (κ3) is 3.92. The van der Waals surface area contributed by atoms with E-state index in [2.05, 4.69) is 21.0 Å². The van der Waals surface area contributed by atoms with E-state index in [4.69, 9.17) is 4.74 Å². The monoisotopic (exact) mass is 344 g/mol. The van der Waals surface area contributed by atoms with Gasteiger partial charge in [-0.05, 0) is 42.1 Å². The van der Waals surface area contributed by atoms with Crippen LogP contribution in [0.5, 0.6) is 0 Å². The lowest BCUT2D eigenvalue weighted by Crippen LogP contribution is -2.38. The molecule has 5 heteroatoms. The van der Waals surface area contributed by atoms with Gasteiger partial charge in [0.15, 0.2) is 5.78 Å². The molecule has 1 heterocycles. The molecule has 0 aliphatic rings. The second-order valence-corrected chi connectivity index (χ2v) is 6.80. The Kier molecular flexibility index (Phi) is 5.95. The lowest BCUT2D eigenvalue weighted by molar-refractivity contribution is -0.136. The number of ether oxygens (including phenoxy) is 1. The predicted octanol–water partition coefficient (Wildman–Crippen LogP) is 3.54. The number of aryl methyl sites for hydroxylation is 2. The molecule has 1 atom stereocenters. The minimum Gasteiger partial charge on any atom is -0.370 e. The number of Topliss-reactive ketones (excluding diaryl/α,β-unsaturated/α-hetero) is 1. The van der Waals surface area contributed by atoms with Crippen molar-refractivity contribution in [2.75, 3.05) is 6.61 Å². The van der Waals surface area contributed by atoms with Gasteiger partial charge in [0.05, 0.1) is 22.3 Å². The van der Waals surface area contributed by atoms with Crippen molar-refractivity contribution in [2.45, 2.75) is 60.6 Å². The van der Waals surface area contributed by atoms with Gasteiger partial charge >= 0.3 is 0 Å². The Morgan fingerprint density at radius 3 is 2.45 bits per heavy atom. The number of aromatic nitrogens is 2. The van der Waals surface area contributed by atoms with Gasteiger partial charge in [-0.1, -0.05) is 20.8 Å². The van der Waals surface area contributed by atoms with E-state index in [0.29, 0.717) is 13.0 Å². The first-order valence-corrected chi connectivity index (χ1v) is 7.87. The highest BCUT2D eigenvalue weighted by atomic mass is 79.9. The van der Waals surface area contributed by atoms with E-state index in [1.54, 1.807) is 0 Å². The van der Waals surface area contributed by atoms with Crippen LogP contribution in [0.15, 0.2) is 4.47 Å². The summed E-state index contributed by atoms with van der Waals surface area (Å²) in [6.45, 7) is 13.3. The van der Waals surface area contributed by atoms with Crippen molar-refractivity contribution >= 4 is 21.7 Å². The molecule has 20 heavy (non-hydrogen) atoms. The Hall–Kier alpha value is -0.680. The summed E-state index contributed by atoms with van der Waals surface area (Å²) < 4.78 is 8.47. The van der Waals surface area contributed by atoms with Crippen LogP contribution in [-0.4, -0.2) is 28.3 Å². The zero-order valence-corrected chi connectivity index (χ0v) is 14.9. The van der Waals surface area contributed by atoms with Crippen molar-refractivity contribution in [3.05, 3.63) is 15.9 Å². The summed E-state index contributed by atoms with van der Waals surface area (Å²) in [5.74, 6) is 0.106. The van der Waals surface area contributed by atoms with Crippen LogP contribution in [0.1, 0.15) is 46.0 Å². The average Bonchev–Trinajstić information content (AvgIpc) is 2.62. The van der Waals surface area contributed by atoms with Gasteiger partial charge in [-0.3, -0.25) is 9.48 Å². The van der Waals surface area contributed by atoms with Crippen LogP contribution in [-0.2, 0) is 22.5 Å². The quantitative estimate of drug-likeness (QED) is 0.792. The van der Waals surface area contributed by atoms with Crippen molar-refractivity contribution in [3.63, 3.8) is 0 Å². The molecule has 0 aliphatic heterocycles. The minimum absolute atomic E-state index is 0.106. The molecule has 1 unspecified atom stereocenters. The van der Waals surface area contributed by atoms with Crippen molar-refractivity contribution in [1.82, 2.24) is 9.78 Å². The van der Waals surface area contributed by atoms with Crippen molar-refractivity contribution < 1.29 is 9.53 Å². The van der Waals surface area contributed by atoms with E-state index in [1.165, 1.54) is 0 Å². The highest BCUT2D eigenvalue weighted by Gasteiger charge is 2.32. The summed E-state index contributed by atoms with van der Waals surface area (Å²) in [5.41, 5.74) is 1.65. The molecule has 0 fully saturated rings. The van der Waals surface area contributed by atoms with Gasteiger partial charge in [0, 0.05) is 13.2 Å². The molecule has 4 nitrogen and oxygen atoms in total. The molecular weight excluding hydrogens is 320 g/mol. The Morgan fingerprint density at radius 2 is 2.00 bits per heavy atom. The zero-order chi connectivity index (χ0) is 15.5. The van der Waals surface area contributed by atoms with Crippen molar-refractivity contribution in [1.29, 1.82) is 0 Å². The summed E-state index contributed by atoms with van der Waals surface area (Å²) in [6.07, 6.45) is -0.0445. The van der Waals surface area contributed by atoms with E-state index in [9.17, 15) is 4.79 Å². The average molecular weight is 345 g/mol. The Morgan fingerprint density at radius 1 is 1.40 bits per heavy atom. The summed E-state index contributed by atoms with van der Waals surface area (Å²) >= 11 is 3.53. The molecule has 0 saturated carbocycles. The molecule has 114 valence electrons. The van der Waals surface area contributed by atoms with Gasteiger partial charge in [0.25, 0.3) is 0 Å². The number of carbonyl (C=O) groups is 1. The second-order valence-electron chi connectivity index (χ2n) is 6.01. The van der Waals surface area contributed by atoms with Crippen LogP contribution in [0.2, 0.25) is 0 Å². The third-order valence-corrected chi connectivity index (χ3v) is 4.24. The number of ketones is 1. The van der Waals surface area contributed by atoms with Gasteiger partial charge in [-0.2, -0.15) is 5.10 Å². The van der Waals surface area contributed by atoms with Crippen molar-refractivity contribution in [3.8, 4) is 0 Å². The first-order valence-electron chi connectivity index (χ1n) is 7.08. The van der Waals surface area contributed by atoms with Crippen LogP contribution in [0, 0.1) is 12.3 Å². The summed E-state index contributed by atoms with van der Waals surface area (Å²) in [5, 5.41) is 4.43. The number of carbonyl (C=O) groups excluding carboxylic acids is 1. The standard InChI is InChI=1S/C15H25BrN2O2/c1-7-18-11(13(16)10(3)17-18)9-12(19)14(20-8-2)15(4,5)6/h14H,7-9H2,1-6H3. The van der Waals surface area contributed by atoms with Gasteiger partial charge in [-0.15, -0.1) is 0 Å². The molecule has 1 rings (SSSR count). The first kappa shape index (κ1) is 17.4. The van der Waals surface area contributed by atoms with Gasteiger partial charge in [-0.25, -0.2) is 0 Å². The molecule has 0 amide bonds. The number of rotatable bonds is 6. The lowest BCUT2D eigenvalue weighted by Gasteiger charge is -2.29. The van der Waals surface area contributed by atoms with E-state index in [0.717, 1.165) is 22.4 Å². The lowest BCUT2D eigenvalue weighted by atomic mass is 9.85. The molecule has 1 aromatic heterocycles. The molecule has 0 aromatic carbocycles.